The summed E-state index contributed by atoms with van der Waals surface area (Å²) in [6.45, 7) is 5.74. The highest BCUT2D eigenvalue weighted by Crippen LogP contribution is 2.29. The number of aliphatic carboxylic acids is 1. The van der Waals surface area contributed by atoms with Crippen molar-refractivity contribution in [3.05, 3.63) is 24.2 Å². The molecule has 0 aromatic carbocycles. The van der Waals surface area contributed by atoms with Crippen molar-refractivity contribution in [1.29, 1.82) is 0 Å². The first-order valence-electron chi connectivity index (χ1n) is 7.11. The van der Waals surface area contributed by atoms with Gasteiger partial charge in [0.1, 0.15) is 11.8 Å². The van der Waals surface area contributed by atoms with Crippen LogP contribution < -0.4 is 5.32 Å². The highest BCUT2D eigenvalue weighted by Gasteiger charge is 2.38. The van der Waals surface area contributed by atoms with Gasteiger partial charge in [-0.25, -0.2) is 9.59 Å². The van der Waals surface area contributed by atoms with Crippen LogP contribution in [0.5, 0.6) is 0 Å². The van der Waals surface area contributed by atoms with Crippen molar-refractivity contribution in [2.75, 3.05) is 0 Å². The molecular weight excluding hydrogens is 272 g/mol. The minimum atomic E-state index is -1.02. The summed E-state index contributed by atoms with van der Waals surface area (Å²) in [5.74, 6) is -0.329. The normalized spacial score (nSPS) is 16.3. The maximum Gasteiger partial charge on any atom is 0.326 e. The van der Waals surface area contributed by atoms with Crippen LogP contribution in [0, 0.1) is 5.41 Å². The molecule has 1 aliphatic rings. The van der Waals surface area contributed by atoms with Gasteiger partial charge in [0.05, 0.1) is 12.8 Å². The zero-order valence-electron chi connectivity index (χ0n) is 12.6. The number of carbonyl (C=O) groups is 2. The van der Waals surface area contributed by atoms with Crippen LogP contribution in [-0.4, -0.2) is 34.1 Å². The average molecular weight is 294 g/mol. The third kappa shape index (κ3) is 4.00. The molecule has 1 saturated carbocycles. The molecule has 1 unspecified atom stereocenters. The van der Waals surface area contributed by atoms with Gasteiger partial charge in [0.25, 0.3) is 0 Å². The van der Waals surface area contributed by atoms with Crippen molar-refractivity contribution in [3.63, 3.8) is 0 Å². The SMILES string of the molecule is CC(C)(C)C(NC(=O)N(Cc1ccco1)C1CC1)C(=O)O. The van der Waals surface area contributed by atoms with E-state index in [1.165, 1.54) is 0 Å². The summed E-state index contributed by atoms with van der Waals surface area (Å²) in [5.41, 5.74) is -0.554. The number of carboxylic acid groups (broad SMARTS) is 1. The summed E-state index contributed by atoms with van der Waals surface area (Å²) < 4.78 is 5.27. The first-order chi connectivity index (χ1) is 9.79. The van der Waals surface area contributed by atoms with E-state index in [9.17, 15) is 14.7 Å². The molecule has 0 aliphatic heterocycles. The van der Waals surface area contributed by atoms with Gasteiger partial charge in [-0.2, -0.15) is 0 Å². The van der Waals surface area contributed by atoms with Crippen LogP contribution in [0.1, 0.15) is 39.4 Å². The van der Waals surface area contributed by atoms with E-state index >= 15 is 0 Å². The molecule has 1 heterocycles. The lowest BCUT2D eigenvalue weighted by Gasteiger charge is -2.31. The molecule has 6 heteroatoms. The molecule has 2 N–H and O–H groups in total. The van der Waals surface area contributed by atoms with Crippen molar-refractivity contribution in [1.82, 2.24) is 10.2 Å². The number of hydrogen-bond donors (Lipinski definition) is 2. The van der Waals surface area contributed by atoms with Gasteiger partial charge < -0.3 is 19.7 Å². The Morgan fingerprint density at radius 3 is 2.57 bits per heavy atom. The fourth-order valence-electron chi connectivity index (χ4n) is 2.18. The van der Waals surface area contributed by atoms with E-state index in [1.807, 2.05) is 0 Å². The second-order valence-electron chi connectivity index (χ2n) is 6.53. The van der Waals surface area contributed by atoms with Crippen molar-refractivity contribution in [3.8, 4) is 0 Å². The van der Waals surface area contributed by atoms with E-state index in [0.717, 1.165) is 12.8 Å². The van der Waals surface area contributed by atoms with Gasteiger partial charge in [0.15, 0.2) is 0 Å². The number of hydrogen-bond acceptors (Lipinski definition) is 3. The fraction of sp³-hybridized carbons (Fsp3) is 0.600. The monoisotopic (exact) mass is 294 g/mol. The predicted molar refractivity (Wildman–Crippen MR) is 76.7 cm³/mol. The first kappa shape index (κ1) is 15.4. The van der Waals surface area contributed by atoms with Gasteiger partial charge in [-0.3, -0.25) is 0 Å². The average Bonchev–Trinajstić information content (AvgIpc) is 3.08. The summed E-state index contributed by atoms with van der Waals surface area (Å²) in [4.78, 5) is 25.4. The van der Waals surface area contributed by atoms with Gasteiger partial charge in [-0.05, 0) is 30.4 Å². The Kier molecular flexibility index (Phi) is 4.25. The van der Waals surface area contributed by atoms with Crippen LogP contribution in [0.4, 0.5) is 4.79 Å². The number of urea groups is 1. The quantitative estimate of drug-likeness (QED) is 0.873. The lowest BCUT2D eigenvalue weighted by atomic mass is 9.87. The summed E-state index contributed by atoms with van der Waals surface area (Å²) in [7, 11) is 0. The molecular formula is C15H22N2O4. The molecule has 1 fully saturated rings. The second kappa shape index (κ2) is 5.79. The fourth-order valence-corrected chi connectivity index (χ4v) is 2.18. The number of nitrogens with zero attached hydrogens (tertiary/aromatic N) is 1. The Balaban J connectivity index is 2.06. The largest absolute Gasteiger partial charge is 0.480 e. The number of carboxylic acids is 1. The summed E-state index contributed by atoms with van der Waals surface area (Å²) >= 11 is 0. The van der Waals surface area contributed by atoms with Gasteiger partial charge in [-0.15, -0.1) is 0 Å². The standard InChI is InChI=1S/C15H22N2O4/c1-15(2,3)12(13(18)19)16-14(20)17(10-6-7-10)9-11-5-4-8-21-11/h4-5,8,10,12H,6-7,9H2,1-3H3,(H,16,20)(H,18,19). The van der Waals surface area contributed by atoms with Gasteiger partial charge in [-0.1, -0.05) is 20.8 Å². The molecule has 1 aliphatic carbocycles. The summed E-state index contributed by atoms with van der Waals surface area (Å²) in [6.07, 6.45) is 3.45. The van der Waals surface area contributed by atoms with Crippen LogP contribution in [0.15, 0.2) is 22.8 Å². The molecule has 116 valence electrons. The van der Waals surface area contributed by atoms with Crippen molar-refractivity contribution in [2.24, 2.45) is 5.41 Å². The molecule has 0 radical (unpaired) electrons. The number of carbonyl (C=O) groups excluding carboxylic acids is 1. The van der Waals surface area contributed by atoms with Crippen molar-refractivity contribution in [2.45, 2.75) is 52.2 Å². The second-order valence-corrected chi connectivity index (χ2v) is 6.53. The molecule has 21 heavy (non-hydrogen) atoms. The molecule has 2 amide bonds. The Morgan fingerprint density at radius 1 is 1.48 bits per heavy atom. The first-order valence-corrected chi connectivity index (χ1v) is 7.11. The highest BCUT2D eigenvalue weighted by molar-refractivity contribution is 5.83. The lowest BCUT2D eigenvalue weighted by molar-refractivity contribution is -0.142. The highest BCUT2D eigenvalue weighted by atomic mass is 16.4. The van der Waals surface area contributed by atoms with E-state index in [2.05, 4.69) is 5.32 Å². The Bertz CT molecular complexity index is 500. The van der Waals surface area contributed by atoms with E-state index < -0.39 is 17.4 Å². The third-order valence-electron chi connectivity index (χ3n) is 3.54. The van der Waals surface area contributed by atoms with E-state index in [-0.39, 0.29) is 12.1 Å². The Labute approximate surface area is 124 Å². The van der Waals surface area contributed by atoms with Gasteiger partial charge in [0, 0.05) is 6.04 Å². The third-order valence-corrected chi connectivity index (χ3v) is 3.54. The maximum absolute atomic E-state index is 12.4. The molecule has 1 aromatic rings. The maximum atomic E-state index is 12.4. The molecule has 6 nitrogen and oxygen atoms in total. The van der Waals surface area contributed by atoms with Crippen LogP contribution in [0.2, 0.25) is 0 Å². The number of rotatable bonds is 5. The van der Waals surface area contributed by atoms with Gasteiger partial charge >= 0.3 is 12.0 Å². The van der Waals surface area contributed by atoms with Gasteiger partial charge in [0.2, 0.25) is 0 Å². The molecule has 1 atom stereocenters. The molecule has 0 bridgehead atoms. The summed E-state index contributed by atoms with van der Waals surface area (Å²) in [5, 5.41) is 11.9. The zero-order chi connectivity index (χ0) is 15.6. The van der Waals surface area contributed by atoms with E-state index in [0.29, 0.717) is 12.3 Å². The Hall–Kier alpha value is -1.98. The summed E-state index contributed by atoms with van der Waals surface area (Å²) in [6, 6.07) is 2.47. The van der Waals surface area contributed by atoms with E-state index in [1.54, 1.807) is 44.1 Å². The number of nitrogens with one attached hydrogen (secondary N) is 1. The smallest absolute Gasteiger partial charge is 0.326 e. The topological polar surface area (TPSA) is 82.8 Å². The van der Waals surface area contributed by atoms with E-state index in [4.69, 9.17) is 4.42 Å². The Morgan fingerprint density at radius 2 is 2.14 bits per heavy atom. The molecule has 2 rings (SSSR count). The predicted octanol–water partition coefficient (Wildman–Crippen LogP) is 2.45. The lowest BCUT2D eigenvalue weighted by Crippen LogP contribution is -2.53. The minimum absolute atomic E-state index is 0.171. The molecule has 1 aromatic heterocycles. The molecule has 0 saturated heterocycles. The van der Waals surface area contributed by atoms with Crippen LogP contribution in [0.25, 0.3) is 0 Å². The zero-order valence-corrected chi connectivity index (χ0v) is 12.6. The number of amides is 2. The van der Waals surface area contributed by atoms with Crippen molar-refractivity contribution < 1.29 is 19.1 Å². The van der Waals surface area contributed by atoms with Crippen LogP contribution in [-0.2, 0) is 11.3 Å². The van der Waals surface area contributed by atoms with Crippen molar-refractivity contribution >= 4 is 12.0 Å². The molecule has 0 spiro atoms. The van der Waals surface area contributed by atoms with Crippen LogP contribution >= 0.6 is 0 Å². The van der Waals surface area contributed by atoms with Crippen LogP contribution in [0.3, 0.4) is 0 Å². The number of furan rings is 1. The minimum Gasteiger partial charge on any atom is -0.480 e.